The van der Waals surface area contributed by atoms with E-state index < -0.39 is 0 Å². The van der Waals surface area contributed by atoms with Crippen LogP contribution >= 0.6 is 0 Å². The van der Waals surface area contributed by atoms with Crippen molar-refractivity contribution >= 4 is 5.69 Å². The van der Waals surface area contributed by atoms with Crippen molar-refractivity contribution in [2.75, 3.05) is 18.5 Å². The molecule has 78 valence electrons. The lowest BCUT2D eigenvalue weighted by molar-refractivity contribution is 0.270. The number of rotatable bonds is 4. The summed E-state index contributed by atoms with van der Waals surface area (Å²) >= 11 is 0. The van der Waals surface area contributed by atoms with Crippen molar-refractivity contribution in [3.63, 3.8) is 0 Å². The predicted molar refractivity (Wildman–Crippen MR) is 59.5 cm³/mol. The van der Waals surface area contributed by atoms with E-state index in [-0.39, 0.29) is 12.6 Å². The maximum atomic E-state index is 8.76. The minimum Gasteiger partial charge on any atom is -0.395 e. The van der Waals surface area contributed by atoms with Gasteiger partial charge in [0.25, 0.3) is 0 Å². The van der Waals surface area contributed by atoms with Crippen LogP contribution in [-0.4, -0.2) is 24.3 Å². The Kier molecular flexibility index (Phi) is 3.92. The summed E-state index contributed by atoms with van der Waals surface area (Å²) in [6, 6.07) is 6.06. The van der Waals surface area contributed by atoms with Gasteiger partial charge >= 0.3 is 0 Å². The summed E-state index contributed by atoms with van der Waals surface area (Å²) in [6.45, 7) is 4.73. The third kappa shape index (κ3) is 3.36. The van der Waals surface area contributed by atoms with Gasteiger partial charge in [0.2, 0.25) is 0 Å². The zero-order chi connectivity index (χ0) is 10.6. The van der Waals surface area contributed by atoms with Crippen molar-refractivity contribution in [2.24, 2.45) is 5.73 Å². The summed E-state index contributed by atoms with van der Waals surface area (Å²) in [6.07, 6.45) is 0. The SMILES string of the molecule is Cc1cc(C)cc(NCC(N)CO)c1. The number of aliphatic hydroxyl groups excluding tert-OH is 1. The van der Waals surface area contributed by atoms with Crippen LogP contribution in [0.3, 0.4) is 0 Å². The molecule has 14 heavy (non-hydrogen) atoms. The highest BCUT2D eigenvalue weighted by molar-refractivity contribution is 5.48. The number of aryl methyl sites for hydroxylation is 2. The van der Waals surface area contributed by atoms with Gasteiger partial charge in [-0.3, -0.25) is 0 Å². The fourth-order valence-corrected chi connectivity index (χ4v) is 1.39. The van der Waals surface area contributed by atoms with Crippen molar-refractivity contribution in [1.82, 2.24) is 0 Å². The highest BCUT2D eigenvalue weighted by Gasteiger charge is 2.00. The maximum Gasteiger partial charge on any atom is 0.0599 e. The third-order valence-corrected chi connectivity index (χ3v) is 2.02. The second-order valence-electron chi connectivity index (χ2n) is 3.70. The Morgan fingerprint density at radius 1 is 1.29 bits per heavy atom. The molecule has 0 saturated carbocycles. The average Bonchev–Trinajstić information content (AvgIpc) is 2.12. The first-order valence-electron chi connectivity index (χ1n) is 4.80. The molecule has 0 bridgehead atoms. The second-order valence-corrected chi connectivity index (χ2v) is 3.70. The van der Waals surface area contributed by atoms with E-state index in [1.54, 1.807) is 0 Å². The van der Waals surface area contributed by atoms with Crippen LogP contribution in [-0.2, 0) is 0 Å². The molecule has 0 aliphatic rings. The third-order valence-electron chi connectivity index (χ3n) is 2.02. The number of aliphatic hydroxyl groups is 1. The normalized spacial score (nSPS) is 12.6. The molecule has 0 saturated heterocycles. The number of nitrogens with two attached hydrogens (primary N) is 1. The second kappa shape index (κ2) is 4.98. The molecule has 3 nitrogen and oxygen atoms in total. The van der Waals surface area contributed by atoms with Gasteiger partial charge in [-0.25, -0.2) is 0 Å². The quantitative estimate of drug-likeness (QED) is 0.671. The summed E-state index contributed by atoms with van der Waals surface area (Å²) in [5.74, 6) is 0. The van der Waals surface area contributed by atoms with Crippen LogP contribution in [0.15, 0.2) is 18.2 Å². The topological polar surface area (TPSA) is 58.3 Å². The van der Waals surface area contributed by atoms with E-state index in [0.29, 0.717) is 6.54 Å². The smallest absolute Gasteiger partial charge is 0.0599 e. The van der Waals surface area contributed by atoms with Crippen molar-refractivity contribution in [2.45, 2.75) is 19.9 Å². The van der Waals surface area contributed by atoms with Crippen LogP contribution in [0.5, 0.6) is 0 Å². The molecule has 0 fully saturated rings. The molecule has 3 heteroatoms. The van der Waals surface area contributed by atoms with Crippen LogP contribution in [0.1, 0.15) is 11.1 Å². The molecule has 0 aliphatic carbocycles. The molecule has 4 N–H and O–H groups in total. The van der Waals surface area contributed by atoms with E-state index in [1.807, 2.05) is 0 Å². The van der Waals surface area contributed by atoms with Crippen LogP contribution in [0.25, 0.3) is 0 Å². The Balaban J connectivity index is 2.58. The Morgan fingerprint density at radius 2 is 1.86 bits per heavy atom. The molecule has 0 amide bonds. The van der Waals surface area contributed by atoms with Crippen molar-refractivity contribution < 1.29 is 5.11 Å². The van der Waals surface area contributed by atoms with Gasteiger partial charge in [0.1, 0.15) is 0 Å². The molecular weight excluding hydrogens is 176 g/mol. The first-order chi connectivity index (χ1) is 6.61. The van der Waals surface area contributed by atoms with Gasteiger partial charge in [-0.2, -0.15) is 0 Å². The first-order valence-corrected chi connectivity index (χ1v) is 4.80. The van der Waals surface area contributed by atoms with Gasteiger partial charge in [-0.1, -0.05) is 6.07 Å². The van der Waals surface area contributed by atoms with E-state index in [2.05, 4.69) is 37.4 Å². The lowest BCUT2D eigenvalue weighted by Gasteiger charge is -2.12. The van der Waals surface area contributed by atoms with E-state index in [9.17, 15) is 0 Å². The van der Waals surface area contributed by atoms with Gasteiger partial charge < -0.3 is 16.2 Å². The van der Waals surface area contributed by atoms with Crippen LogP contribution in [0.2, 0.25) is 0 Å². The monoisotopic (exact) mass is 194 g/mol. The Hall–Kier alpha value is -1.06. The summed E-state index contributed by atoms with van der Waals surface area (Å²) < 4.78 is 0. The summed E-state index contributed by atoms with van der Waals surface area (Å²) in [5, 5.41) is 11.9. The van der Waals surface area contributed by atoms with E-state index in [0.717, 1.165) is 5.69 Å². The van der Waals surface area contributed by atoms with Crippen molar-refractivity contribution in [3.8, 4) is 0 Å². The molecule has 0 aliphatic heterocycles. The predicted octanol–water partition coefficient (Wildman–Crippen LogP) is 1.03. The standard InChI is InChI=1S/C11H18N2O/c1-8-3-9(2)5-11(4-8)13-6-10(12)7-14/h3-5,10,13-14H,6-7,12H2,1-2H3. The molecule has 0 heterocycles. The van der Waals surface area contributed by atoms with Crippen LogP contribution in [0, 0.1) is 13.8 Å². The molecule has 1 atom stereocenters. The molecule has 1 rings (SSSR count). The summed E-state index contributed by atoms with van der Waals surface area (Å²) in [7, 11) is 0. The number of hydrogen-bond acceptors (Lipinski definition) is 3. The average molecular weight is 194 g/mol. The van der Waals surface area contributed by atoms with Gasteiger partial charge in [0.05, 0.1) is 6.61 Å². The number of nitrogens with one attached hydrogen (secondary N) is 1. The Labute approximate surface area is 84.9 Å². The van der Waals surface area contributed by atoms with Gasteiger partial charge in [-0.05, 0) is 37.1 Å². The number of benzene rings is 1. The van der Waals surface area contributed by atoms with E-state index >= 15 is 0 Å². The van der Waals surface area contributed by atoms with Gasteiger partial charge in [0.15, 0.2) is 0 Å². The number of anilines is 1. The molecule has 1 unspecified atom stereocenters. The molecule has 0 aromatic heterocycles. The molecular formula is C11H18N2O. The minimum absolute atomic E-state index is 0.0117. The lowest BCUT2D eigenvalue weighted by Crippen LogP contribution is -2.32. The highest BCUT2D eigenvalue weighted by Crippen LogP contribution is 2.13. The Bertz CT molecular complexity index is 279. The van der Waals surface area contributed by atoms with Crippen LogP contribution in [0.4, 0.5) is 5.69 Å². The first kappa shape index (κ1) is 11.0. The highest BCUT2D eigenvalue weighted by atomic mass is 16.3. The largest absolute Gasteiger partial charge is 0.395 e. The van der Waals surface area contributed by atoms with Crippen molar-refractivity contribution in [1.29, 1.82) is 0 Å². The molecule has 0 radical (unpaired) electrons. The molecule has 0 spiro atoms. The van der Waals surface area contributed by atoms with E-state index in [1.165, 1.54) is 11.1 Å². The lowest BCUT2D eigenvalue weighted by atomic mass is 10.1. The number of hydrogen-bond donors (Lipinski definition) is 3. The maximum absolute atomic E-state index is 8.76. The van der Waals surface area contributed by atoms with Gasteiger partial charge in [-0.15, -0.1) is 0 Å². The zero-order valence-electron chi connectivity index (χ0n) is 8.75. The molecule has 1 aromatic rings. The van der Waals surface area contributed by atoms with Gasteiger partial charge in [0, 0.05) is 18.3 Å². The Morgan fingerprint density at radius 3 is 2.36 bits per heavy atom. The fraction of sp³-hybridized carbons (Fsp3) is 0.455. The fourth-order valence-electron chi connectivity index (χ4n) is 1.39. The van der Waals surface area contributed by atoms with E-state index in [4.69, 9.17) is 10.8 Å². The minimum atomic E-state index is -0.198. The summed E-state index contributed by atoms with van der Waals surface area (Å²) in [5.41, 5.74) is 9.10. The molecule has 1 aromatic carbocycles. The van der Waals surface area contributed by atoms with Crippen molar-refractivity contribution in [3.05, 3.63) is 29.3 Å². The zero-order valence-corrected chi connectivity index (χ0v) is 8.75. The summed E-state index contributed by atoms with van der Waals surface area (Å²) in [4.78, 5) is 0. The van der Waals surface area contributed by atoms with Crippen LogP contribution < -0.4 is 11.1 Å².